The van der Waals surface area contributed by atoms with Crippen LogP contribution in [0.4, 0.5) is 32.0 Å². The lowest BCUT2D eigenvalue weighted by Crippen LogP contribution is -2.21. The number of alkyl halides is 6. The smallest absolute Gasteiger partial charge is 0.437 e. The van der Waals surface area contributed by atoms with Crippen molar-refractivity contribution >= 4 is 17.3 Å². The molecule has 0 saturated carbocycles. The first-order chi connectivity index (χ1) is 14.8. The van der Waals surface area contributed by atoms with E-state index in [2.05, 4.69) is 15.0 Å². The van der Waals surface area contributed by atoms with Gasteiger partial charge in [0.2, 0.25) is 5.75 Å². The van der Waals surface area contributed by atoms with Gasteiger partial charge in [-0.25, -0.2) is 4.98 Å². The van der Waals surface area contributed by atoms with Gasteiger partial charge < -0.3 is 14.6 Å². The predicted molar refractivity (Wildman–Crippen MR) is 104 cm³/mol. The summed E-state index contributed by atoms with van der Waals surface area (Å²) in [7, 11) is 3.46. The maximum atomic E-state index is 13.6. The standard InChI is InChI=1S/C19H13ClF6N4O2/c1-30(2)9-3-6-13(27-8-9)16-28-15(19(24,25)26)14(17(31)29-16)32-10-4-5-12(20)11(7-10)18(21,22)23/h3-8H,1-2H3,(H,28,29,31). The molecular formula is C19H13ClF6N4O2. The summed E-state index contributed by atoms with van der Waals surface area (Å²) < 4.78 is 84.8. The number of H-pyrrole nitrogens is 1. The highest BCUT2D eigenvalue weighted by molar-refractivity contribution is 6.31. The van der Waals surface area contributed by atoms with Gasteiger partial charge in [0, 0.05) is 14.1 Å². The van der Waals surface area contributed by atoms with Crippen molar-refractivity contribution in [2.45, 2.75) is 12.4 Å². The third-order valence-corrected chi connectivity index (χ3v) is 4.44. The second kappa shape index (κ2) is 8.34. The van der Waals surface area contributed by atoms with E-state index in [1.807, 2.05) is 0 Å². The van der Waals surface area contributed by atoms with Crippen molar-refractivity contribution in [3.05, 3.63) is 63.2 Å². The molecule has 0 spiro atoms. The van der Waals surface area contributed by atoms with Gasteiger partial charge in [-0.3, -0.25) is 9.78 Å². The maximum Gasteiger partial charge on any atom is 0.437 e. The van der Waals surface area contributed by atoms with Crippen molar-refractivity contribution < 1.29 is 31.1 Å². The Kier molecular flexibility index (Phi) is 6.09. The molecule has 0 aliphatic carbocycles. The predicted octanol–water partition coefficient (Wildman–Crippen LogP) is 5.38. The Bertz CT molecular complexity index is 1190. The van der Waals surface area contributed by atoms with Gasteiger partial charge in [0.1, 0.15) is 11.4 Å². The van der Waals surface area contributed by atoms with Crippen LogP contribution in [0.25, 0.3) is 11.5 Å². The number of aromatic amines is 1. The minimum atomic E-state index is -5.15. The van der Waals surface area contributed by atoms with Crippen LogP contribution in [0, 0.1) is 0 Å². The third kappa shape index (κ3) is 4.96. The molecule has 0 aliphatic heterocycles. The van der Waals surface area contributed by atoms with Crippen LogP contribution in [-0.2, 0) is 12.4 Å². The molecule has 0 atom stereocenters. The van der Waals surface area contributed by atoms with Gasteiger partial charge in [0.15, 0.2) is 11.5 Å². The molecule has 1 aromatic carbocycles. The van der Waals surface area contributed by atoms with Crippen molar-refractivity contribution in [3.8, 4) is 23.0 Å². The van der Waals surface area contributed by atoms with Crippen LogP contribution >= 0.6 is 11.6 Å². The lowest BCUT2D eigenvalue weighted by atomic mass is 10.2. The number of hydrogen-bond donors (Lipinski definition) is 1. The average Bonchev–Trinajstić information content (AvgIpc) is 2.69. The van der Waals surface area contributed by atoms with E-state index in [1.54, 1.807) is 25.1 Å². The van der Waals surface area contributed by atoms with Gasteiger partial charge in [0.05, 0.1) is 22.5 Å². The average molecular weight is 479 g/mol. The fourth-order valence-electron chi connectivity index (χ4n) is 2.56. The Morgan fingerprint density at radius 2 is 1.72 bits per heavy atom. The fourth-order valence-corrected chi connectivity index (χ4v) is 2.79. The van der Waals surface area contributed by atoms with E-state index in [9.17, 15) is 31.1 Å². The van der Waals surface area contributed by atoms with Crippen LogP contribution in [0.1, 0.15) is 11.3 Å². The van der Waals surface area contributed by atoms with Crippen LogP contribution in [0.2, 0.25) is 5.02 Å². The van der Waals surface area contributed by atoms with Gasteiger partial charge in [-0.1, -0.05) is 11.6 Å². The number of hydrogen-bond acceptors (Lipinski definition) is 5. The van der Waals surface area contributed by atoms with Crippen LogP contribution in [0.3, 0.4) is 0 Å². The van der Waals surface area contributed by atoms with E-state index in [4.69, 9.17) is 16.3 Å². The first kappa shape index (κ1) is 23.4. The maximum absolute atomic E-state index is 13.6. The van der Waals surface area contributed by atoms with E-state index < -0.39 is 51.5 Å². The first-order valence-corrected chi connectivity index (χ1v) is 9.05. The molecule has 0 unspecified atom stereocenters. The molecular weight excluding hydrogens is 466 g/mol. The Morgan fingerprint density at radius 1 is 1.03 bits per heavy atom. The molecule has 0 saturated heterocycles. The number of ether oxygens (including phenoxy) is 1. The molecule has 0 aliphatic rings. The molecule has 1 N–H and O–H groups in total. The van der Waals surface area contributed by atoms with E-state index in [-0.39, 0.29) is 5.69 Å². The molecule has 0 amide bonds. The normalized spacial score (nSPS) is 12.0. The van der Waals surface area contributed by atoms with Gasteiger partial charge in [-0.15, -0.1) is 0 Å². The molecule has 0 fully saturated rings. The van der Waals surface area contributed by atoms with E-state index in [1.165, 1.54) is 12.3 Å². The molecule has 3 rings (SSSR count). The van der Waals surface area contributed by atoms with Crippen LogP contribution in [0.5, 0.6) is 11.5 Å². The summed E-state index contributed by atoms with van der Waals surface area (Å²) in [6.45, 7) is 0. The lowest BCUT2D eigenvalue weighted by Gasteiger charge is -2.15. The van der Waals surface area contributed by atoms with Crippen molar-refractivity contribution in [3.63, 3.8) is 0 Å². The molecule has 6 nitrogen and oxygen atoms in total. The van der Waals surface area contributed by atoms with Crippen LogP contribution < -0.4 is 15.2 Å². The first-order valence-electron chi connectivity index (χ1n) is 8.67. The zero-order valence-corrected chi connectivity index (χ0v) is 17.0. The highest BCUT2D eigenvalue weighted by Gasteiger charge is 2.39. The largest absolute Gasteiger partial charge is 0.449 e. The summed E-state index contributed by atoms with van der Waals surface area (Å²) in [6, 6.07) is 4.97. The molecule has 170 valence electrons. The van der Waals surface area contributed by atoms with Gasteiger partial charge in [-0.2, -0.15) is 26.3 Å². The van der Waals surface area contributed by atoms with Gasteiger partial charge >= 0.3 is 12.4 Å². The molecule has 3 aromatic rings. The van der Waals surface area contributed by atoms with Gasteiger partial charge in [-0.05, 0) is 30.3 Å². The fraction of sp³-hybridized carbons (Fsp3) is 0.211. The van der Waals surface area contributed by atoms with E-state index >= 15 is 0 Å². The number of anilines is 1. The molecule has 0 bridgehead atoms. The number of nitrogens with one attached hydrogen (secondary N) is 1. The summed E-state index contributed by atoms with van der Waals surface area (Å²) in [5.41, 5.74) is -3.83. The number of benzene rings is 1. The summed E-state index contributed by atoms with van der Waals surface area (Å²) in [4.78, 5) is 23.6. The molecule has 32 heavy (non-hydrogen) atoms. The highest BCUT2D eigenvalue weighted by atomic mass is 35.5. The van der Waals surface area contributed by atoms with Gasteiger partial charge in [0.25, 0.3) is 5.56 Å². The molecule has 0 radical (unpaired) electrons. The van der Waals surface area contributed by atoms with Crippen molar-refractivity contribution in [2.24, 2.45) is 0 Å². The Labute approximate surface area is 181 Å². The van der Waals surface area contributed by atoms with Crippen LogP contribution in [0.15, 0.2) is 41.3 Å². The summed E-state index contributed by atoms with van der Waals surface area (Å²) in [5, 5.41) is -0.685. The SMILES string of the molecule is CN(C)c1ccc(-c2nc(C(F)(F)F)c(Oc3ccc(Cl)c(C(F)(F)F)c3)c(=O)[nH]2)nc1. The second-order valence-corrected chi connectivity index (χ2v) is 7.03. The summed E-state index contributed by atoms with van der Waals surface area (Å²) >= 11 is 5.49. The minimum absolute atomic E-state index is 0.0596. The monoisotopic (exact) mass is 478 g/mol. The minimum Gasteiger partial charge on any atom is -0.449 e. The van der Waals surface area contributed by atoms with Crippen molar-refractivity contribution in [2.75, 3.05) is 19.0 Å². The quantitative estimate of drug-likeness (QED) is 0.510. The number of aromatic nitrogens is 3. The Balaban J connectivity index is 2.09. The Morgan fingerprint density at radius 3 is 2.25 bits per heavy atom. The second-order valence-electron chi connectivity index (χ2n) is 6.63. The van der Waals surface area contributed by atoms with E-state index in [0.29, 0.717) is 11.8 Å². The van der Waals surface area contributed by atoms with Crippen molar-refractivity contribution in [1.82, 2.24) is 15.0 Å². The van der Waals surface area contributed by atoms with E-state index in [0.717, 1.165) is 12.1 Å². The van der Waals surface area contributed by atoms with Crippen LogP contribution in [-0.4, -0.2) is 29.0 Å². The summed E-state index contributed by atoms with van der Waals surface area (Å²) in [5.74, 6) is -2.49. The Hall–Kier alpha value is -3.28. The zero-order chi connectivity index (χ0) is 23.8. The molecule has 2 heterocycles. The topological polar surface area (TPSA) is 71.1 Å². The lowest BCUT2D eigenvalue weighted by molar-refractivity contribution is -0.142. The molecule has 2 aromatic heterocycles. The highest BCUT2D eigenvalue weighted by Crippen LogP contribution is 2.39. The summed E-state index contributed by atoms with van der Waals surface area (Å²) in [6.07, 6.45) is -8.68. The number of nitrogens with zero attached hydrogens (tertiary/aromatic N) is 3. The number of pyridine rings is 1. The van der Waals surface area contributed by atoms with Crippen molar-refractivity contribution in [1.29, 1.82) is 0 Å². The zero-order valence-electron chi connectivity index (χ0n) is 16.3. The molecule has 13 heteroatoms. The third-order valence-electron chi connectivity index (χ3n) is 4.12. The number of rotatable bonds is 4. The number of halogens is 7.